The van der Waals surface area contributed by atoms with Crippen LogP contribution in [-0.2, 0) is 4.79 Å². The van der Waals surface area contributed by atoms with Gasteiger partial charge in [0, 0.05) is 34.3 Å². The Morgan fingerprint density at radius 3 is 2.68 bits per heavy atom. The fourth-order valence-corrected chi connectivity index (χ4v) is 4.52. The third kappa shape index (κ3) is 4.62. The maximum Gasteiger partial charge on any atom is 0.269 e. The second kappa shape index (κ2) is 8.90. The molecule has 1 fully saturated rings. The van der Waals surface area contributed by atoms with Gasteiger partial charge in [-0.25, -0.2) is 0 Å². The maximum absolute atomic E-state index is 12.9. The Labute approximate surface area is 189 Å². The third-order valence-electron chi connectivity index (χ3n) is 4.87. The number of nitro benzene ring substituents is 1. The molecular weight excluding hydrogens is 486 g/mol. The number of nitrogens with zero attached hydrogens (tertiary/aromatic N) is 4. The van der Waals surface area contributed by atoms with Gasteiger partial charge in [-0.05, 0) is 37.1 Å². The van der Waals surface area contributed by atoms with Gasteiger partial charge in [-0.2, -0.15) is 0 Å². The average molecular weight is 502 g/mol. The maximum atomic E-state index is 12.9. The van der Waals surface area contributed by atoms with Crippen molar-refractivity contribution >= 4 is 49.9 Å². The Bertz CT molecular complexity index is 1150. The number of hydrogen-bond donors (Lipinski definition) is 1. The topological polar surface area (TPSA) is 118 Å². The highest BCUT2D eigenvalue weighted by atomic mass is 79.9. The lowest BCUT2D eigenvalue weighted by molar-refractivity contribution is -0.384. The van der Waals surface area contributed by atoms with E-state index in [1.54, 1.807) is 0 Å². The molecule has 1 aliphatic rings. The highest BCUT2D eigenvalue weighted by molar-refractivity contribution is 9.10. The summed E-state index contributed by atoms with van der Waals surface area (Å²) in [6.07, 6.45) is 1.22. The summed E-state index contributed by atoms with van der Waals surface area (Å²) < 4.78 is 0.914. The minimum absolute atomic E-state index is 0.0928. The molecule has 0 aliphatic carbocycles. The van der Waals surface area contributed by atoms with Gasteiger partial charge in [0.2, 0.25) is 11.0 Å². The van der Waals surface area contributed by atoms with E-state index < -0.39 is 11.0 Å². The van der Waals surface area contributed by atoms with Crippen LogP contribution in [0.3, 0.4) is 0 Å². The standard InChI is InChI=1S/C20H16BrN5O4S/c21-14-4-1-3-13(11-14)18-23-24-20(31-18)22-17(27)16-5-2-10-25(16)19(28)12-6-8-15(9-7-12)26(29)30/h1,3-4,6-9,11,16H,2,5,10H2,(H,22,24,27). The molecule has 1 aromatic heterocycles. The fraction of sp³-hybridized carbons (Fsp3) is 0.200. The summed E-state index contributed by atoms with van der Waals surface area (Å²) in [6, 6.07) is 12.3. The predicted molar refractivity (Wildman–Crippen MR) is 119 cm³/mol. The van der Waals surface area contributed by atoms with Crippen LogP contribution in [0, 0.1) is 10.1 Å². The van der Waals surface area contributed by atoms with Gasteiger partial charge in [0.05, 0.1) is 4.92 Å². The van der Waals surface area contributed by atoms with E-state index in [-0.39, 0.29) is 17.5 Å². The van der Waals surface area contributed by atoms with Gasteiger partial charge in [-0.3, -0.25) is 25.0 Å². The number of amides is 2. The summed E-state index contributed by atoms with van der Waals surface area (Å²) in [4.78, 5) is 37.5. The summed E-state index contributed by atoms with van der Waals surface area (Å²) >= 11 is 4.67. The lowest BCUT2D eigenvalue weighted by Gasteiger charge is -2.23. The van der Waals surface area contributed by atoms with Crippen LogP contribution in [-0.4, -0.2) is 44.4 Å². The molecule has 1 saturated heterocycles. The lowest BCUT2D eigenvalue weighted by atomic mass is 10.1. The first-order chi connectivity index (χ1) is 14.9. The molecule has 0 radical (unpaired) electrons. The number of likely N-dealkylation sites (tertiary alicyclic amines) is 1. The van der Waals surface area contributed by atoms with Gasteiger partial charge in [-0.15, -0.1) is 10.2 Å². The van der Waals surface area contributed by atoms with Gasteiger partial charge in [0.15, 0.2) is 0 Å². The summed E-state index contributed by atoms with van der Waals surface area (Å²) in [7, 11) is 0. The second-order valence-electron chi connectivity index (χ2n) is 6.87. The fourth-order valence-electron chi connectivity index (χ4n) is 3.37. The summed E-state index contributed by atoms with van der Waals surface area (Å²) in [6.45, 7) is 0.438. The Balaban J connectivity index is 1.45. The number of anilines is 1. The second-order valence-corrected chi connectivity index (χ2v) is 8.77. The van der Waals surface area contributed by atoms with Crippen molar-refractivity contribution < 1.29 is 14.5 Å². The van der Waals surface area contributed by atoms with E-state index in [1.807, 2.05) is 24.3 Å². The molecule has 1 atom stereocenters. The van der Waals surface area contributed by atoms with Crippen LogP contribution in [0.15, 0.2) is 53.0 Å². The Morgan fingerprint density at radius 1 is 1.19 bits per heavy atom. The highest BCUT2D eigenvalue weighted by Crippen LogP contribution is 2.29. The first kappa shape index (κ1) is 21.1. The number of nitro groups is 1. The third-order valence-corrected chi connectivity index (χ3v) is 6.25. The minimum atomic E-state index is -0.638. The quantitative estimate of drug-likeness (QED) is 0.414. The number of benzene rings is 2. The molecule has 1 aliphatic heterocycles. The number of aromatic nitrogens is 2. The van der Waals surface area contributed by atoms with E-state index in [2.05, 4.69) is 31.4 Å². The average Bonchev–Trinajstić information content (AvgIpc) is 3.43. The minimum Gasteiger partial charge on any atom is -0.327 e. The number of carbonyl (C=O) groups is 2. The molecule has 31 heavy (non-hydrogen) atoms. The summed E-state index contributed by atoms with van der Waals surface area (Å²) in [5.41, 5.74) is 1.09. The molecule has 2 heterocycles. The summed E-state index contributed by atoms with van der Waals surface area (Å²) in [5, 5.41) is 22.8. The molecule has 3 aromatic rings. The number of rotatable bonds is 5. The Kier molecular flexibility index (Phi) is 6.05. The number of halogens is 1. The van der Waals surface area contributed by atoms with Crippen molar-refractivity contribution in [1.82, 2.24) is 15.1 Å². The van der Waals surface area contributed by atoms with Crippen molar-refractivity contribution in [1.29, 1.82) is 0 Å². The highest BCUT2D eigenvalue weighted by Gasteiger charge is 2.35. The van der Waals surface area contributed by atoms with E-state index in [1.165, 1.54) is 40.5 Å². The Hall–Kier alpha value is -3.18. The van der Waals surface area contributed by atoms with Crippen LogP contribution >= 0.6 is 27.3 Å². The van der Waals surface area contributed by atoms with E-state index >= 15 is 0 Å². The van der Waals surface area contributed by atoms with Crippen LogP contribution in [0.1, 0.15) is 23.2 Å². The number of nitrogens with one attached hydrogen (secondary N) is 1. The molecule has 2 aromatic carbocycles. The molecule has 1 unspecified atom stereocenters. The molecular formula is C20H16BrN5O4S. The SMILES string of the molecule is O=C(Nc1nnc(-c2cccc(Br)c2)s1)C1CCCN1C(=O)c1ccc([N+](=O)[O-])cc1. The van der Waals surface area contributed by atoms with Crippen molar-refractivity contribution in [2.45, 2.75) is 18.9 Å². The van der Waals surface area contributed by atoms with Crippen LogP contribution < -0.4 is 5.32 Å². The van der Waals surface area contributed by atoms with Crippen LogP contribution in [0.4, 0.5) is 10.8 Å². The van der Waals surface area contributed by atoms with Crippen molar-refractivity contribution in [3.05, 3.63) is 68.7 Å². The molecule has 11 heteroatoms. The normalized spacial score (nSPS) is 15.6. The summed E-state index contributed by atoms with van der Waals surface area (Å²) in [5.74, 6) is -0.663. The van der Waals surface area contributed by atoms with Crippen molar-refractivity contribution in [2.75, 3.05) is 11.9 Å². The van der Waals surface area contributed by atoms with Gasteiger partial charge >= 0.3 is 0 Å². The largest absolute Gasteiger partial charge is 0.327 e. The Morgan fingerprint density at radius 2 is 1.97 bits per heavy atom. The lowest BCUT2D eigenvalue weighted by Crippen LogP contribution is -2.43. The van der Waals surface area contributed by atoms with E-state index in [4.69, 9.17) is 0 Å². The number of hydrogen-bond acceptors (Lipinski definition) is 7. The van der Waals surface area contributed by atoms with E-state index in [9.17, 15) is 19.7 Å². The zero-order valence-electron chi connectivity index (χ0n) is 16.0. The van der Waals surface area contributed by atoms with Crippen LogP contribution in [0.5, 0.6) is 0 Å². The van der Waals surface area contributed by atoms with Gasteiger partial charge in [0.1, 0.15) is 11.0 Å². The number of carbonyl (C=O) groups excluding carboxylic acids is 2. The van der Waals surface area contributed by atoms with Crippen LogP contribution in [0.25, 0.3) is 10.6 Å². The number of non-ortho nitro benzene ring substituents is 1. The molecule has 158 valence electrons. The zero-order chi connectivity index (χ0) is 22.0. The molecule has 0 spiro atoms. The molecule has 0 bridgehead atoms. The first-order valence-corrected chi connectivity index (χ1v) is 11.0. The smallest absolute Gasteiger partial charge is 0.269 e. The van der Waals surface area contributed by atoms with Gasteiger partial charge < -0.3 is 4.90 Å². The molecule has 4 rings (SSSR count). The van der Waals surface area contributed by atoms with Crippen molar-refractivity contribution in [2.24, 2.45) is 0 Å². The van der Waals surface area contributed by atoms with Gasteiger partial charge in [0.25, 0.3) is 11.6 Å². The first-order valence-electron chi connectivity index (χ1n) is 9.38. The zero-order valence-corrected chi connectivity index (χ0v) is 18.4. The predicted octanol–water partition coefficient (Wildman–Crippen LogP) is 4.12. The van der Waals surface area contributed by atoms with Crippen molar-refractivity contribution in [3.63, 3.8) is 0 Å². The molecule has 2 amide bonds. The molecule has 1 N–H and O–H groups in total. The van der Waals surface area contributed by atoms with E-state index in [0.717, 1.165) is 10.0 Å². The van der Waals surface area contributed by atoms with Gasteiger partial charge in [-0.1, -0.05) is 39.4 Å². The monoisotopic (exact) mass is 501 g/mol. The van der Waals surface area contributed by atoms with E-state index in [0.29, 0.717) is 35.1 Å². The van der Waals surface area contributed by atoms with Crippen molar-refractivity contribution in [3.8, 4) is 10.6 Å². The van der Waals surface area contributed by atoms with Crippen LogP contribution in [0.2, 0.25) is 0 Å². The molecule has 0 saturated carbocycles. The molecule has 9 nitrogen and oxygen atoms in total.